The summed E-state index contributed by atoms with van der Waals surface area (Å²) in [6.07, 6.45) is 0.237. The normalized spacial score (nSPS) is 21.7. The summed E-state index contributed by atoms with van der Waals surface area (Å²) in [4.78, 5) is 28.5. The summed E-state index contributed by atoms with van der Waals surface area (Å²) in [5, 5.41) is 8.12. The molecule has 2 saturated heterocycles. The van der Waals surface area contributed by atoms with Gasteiger partial charge in [0.2, 0.25) is 11.8 Å². The highest BCUT2D eigenvalue weighted by Crippen LogP contribution is 2.31. The van der Waals surface area contributed by atoms with Gasteiger partial charge in [-0.05, 0) is 18.2 Å². The van der Waals surface area contributed by atoms with Gasteiger partial charge < -0.3 is 9.64 Å². The number of morpholine rings is 1. The van der Waals surface area contributed by atoms with Gasteiger partial charge in [-0.1, -0.05) is 15.9 Å². The van der Waals surface area contributed by atoms with Gasteiger partial charge in [0.25, 0.3) is 0 Å². The molecule has 0 spiro atoms. The van der Waals surface area contributed by atoms with Crippen molar-refractivity contribution in [3.05, 3.63) is 22.7 Å². The molecule has 1 N–H and O–H groups in total. The van der Waals surface area contributed by atoms with E-state index in [1.54, 1.807) is 9.80 Å². The zero-order chi connectivity index (χ0) is 16.7. The molecule has 2 fully saturated rings. The number of rotatable bonds is 2. The molecular weight excluding hydrogens is 376 g/mol. The minimum Gasteiger partial charge on any atom is -0.378 e. The highest BCUT2D eigenvalue weighted by Gasteiger charge is 2.38. The molecule has 0 bridgehead atoms. The molecule has 8 heteroatoms. The third-order valence-electron chi connectivity index (χ3n) is 4.56. The van der Waals surface area contributed by atoms with Gasteiger partial charge in [-0.15, -0.1) is 0 Å². The first kappa shape index (κ1) is 15.6. The zero-order valence-corrected chi connectivity index (χ0v) is 14.6. The topological polar surface area (TPSA) is 78.5 Å². The molecule has 24 heavy (non-hydrogen) atoms. The lowest BCUT2D eigenvalue weighted by atomic mass is 10.1. The number of aromatic nitrogens is 2. The summed E-state index contributed by atoms with van der Waals surface area (Å²) in [6, 6.07) is 5.75. The van der Waals surface area contributed by atoms with Crippen LogP contribution in [0.1, 0.15) is 6.42 Å². The predicted molar refractivity (Wildman–Crippen MR) is 91.7 cm³/mol. The van der Waals surface area contributed by atoms with E-state index in [0.29, 0.717) is 38.7 Å². The highest BCUT2D eigenvalue weighted by molar-refractivity contribution is 9.10. The van der Waals surface area contributed by atoms with E-state index < -0.39 is 0 Å². The van der Waals surface area contributed by atoms with Crippen molar-refractivity contribution < 1.29 is 14.3 Å². The molecule has 2 aliphatic heterocycles. The lowest BCUT2D eigenvalue weighted by Crippen LogP contribution is -2.44. The largest absolute Gasteiger partial charge is 0.378 e. The third kappa shape index (κ3) is 2.69. The van der Waals surface area contributed by atoms with E-state index in [-0.39, 0.29) is 24.2 Å². The quantitative estimate of drug-likeness (QED) is 0.840. The SMILES string of the molecule is O=C([C@@H]1CC(=O)N(c2n[nH]c3cc(Br)ccc23)C1)N1CCOCC1. The Morgan fingerprint density at radius 2 is 2.12 bits per heavy atom. The minimum absolute atomic E-state index is 0.0386. The van der Waals surface area contributed by atoms with Crippen molar-refractivity contribution in [2.24, 2.45) is 5.92 Å². The molecule has 1 atom stereocenters. The number of carbonyl (C=O) groups excluding carboxylic acids is 2. The van der Waals surface area contributed by atoms with E-state index in [2.05, 4.69) is 26.1 Å². The number of carbonyl (C=O) groups is 2. The molecule has 0 radical (unpaired) electrons. The maximum Gasteiger partial charge on any atom is 0.229 e. The maximum atomic E-state index is 12.6. The number of hydrogen-bond acceptors (Lipinski definition) is 4. The van der Waals surface area contributed by atoms with E-state index >= 15 is 0 Å². The summed E-state index contributed by atoms with van der Waals surface area (Å²) >= 11 is 3.42. The smallest absolute Gasteiger partial charge is 0.229 e. The molecule has 1 aromatic heterocycles. The van der Waals surface area contributed by atoms with Crippen LogP contribution in [0, 0.1) is 5.92 Å². The van der Waals surface area contributed by atoms with Crippen molar-refractivity contribution in [1.29, 1.82) is 0 Å². The number of amides is 2. The highest BCUT2D eigenvalue weighted by atomic mass is 79.9. The summed E-state index contributed by atoms with van der Waals surface area (Å²) in [5.74, 6) is 0.271. The fourth-order valence-corrected chi connectivity index (χ4v) is 3.66. The molecule has 0 unspecified atom stereocenters. The fourth-order valence-electron chi connectivity index (χ4n) is 3.30. The molecule has 0 saturated carbocycles. The lowest BCUT2D eigenvalue weighted by molar-refractivity contribution is -0.139. The number of fused-ring (bicyclic) bond motifs is 1. The Balaban J connectivity index is 1.56. The Morgan fingerprint density at radius 3 is 2.92 bits per heavy atom. The molecule has 2 aliphatic rings. The second-order valence-corrected chi connectivity index (χ2v) is 7.00. The first-order valence-corrected chi connectivity index (χ1v) is 8.73. The Bertz CT molecular complexity index is 800. The van der Waals surface area contributed by atoms with Crippen LogP contribution < -0.4 is 4.90 Å². The monoisotopic (exact) mass is 392 g/mol. The first-order chi connectivity index (χ1) is 11.6. The second kappa shape index (κ2) is 6.18. The second-order valence-electron chi connectivity index (χ2n) is 6.08. The number of hydrogen-bond donors (Lipinski definition) is 1. The van der Waals surface area contributed by atoms with E-state index in [1.165, 1.54) is 0 Å². The number of aromatic amines is 1. The Morgan fingerprint density at radius 1 is 1.33 bits per heavy atom. The first-order valence-electron chi connectivity index (χ1n) is 7.94. The van der Waals surface area contributed by atoms with Gasteiger partial charge in [-0.2, -0.15) is 5.10 Å². The Kier molecular flexibility index (Phi) is 4.01. The number of halogens is 1. The van der Waals surface area contributed by atoms with Crippen LogP contribution in [0.3, 0.4) is 0 Å². The van der Waals surface area contributed by atoms with Gasteiger partial charge in [0.05, 0.1) is 24.6 Å². The van der Waals surface area contributed by atoms with Gasteiger partial charge in [-0.25, -0.2) is 0 Å². The summed E-state index contributed by atoms with van der Waals surface area (Å²) in [6.45, 7) is 2.71. The predicted octanol–water partition coefficient (Wildman–Crippen LogP) is 1.54. The molecule has 3 heterocycles. The Hall–Kier alpha value is -1.93. The van der Waals surface area contributed by atoms with Crippen molar-refractivity contribution in [1.82, 2.24) is 15.1 Å². The molecule has 0 aliphatic carbocycles. The van der Waals surface area contributed by atoms with Crippen LogP contribution >= 0.6 is 15.9 Å². The summed E-state index contributed by atoms with van der Waals surface area (Å²) < 4.78 is 6.23. The Labute approximate surface area is 147 Å². The van der Waals surface area contributed by atoms with Crippen LogP contribution in [0.4, 0.5) is 5.82 Å². The lowest BCUT2D eigenvalue weighted by Gasteiger charge is -2.28. The van der Waals surface area contributed by atoms with E-state index in [1.807, 2.05) is 18.2 Å². The van der Waals surface area contributed by atoms with Crippen molar-refractivity contribution in [2.75, 3.05) is 37.7 Å². The van der Waals surface area contributed by atoms with E-state index in [0.717, 1.165) is 15.4 Å². The molecule has 7 nitrogen and oxygen atoms in total. The van der Waals surface area contributed by atoms with Gasteiger partial charge in [0.15, 0.2) is 5.82 Å². The van der Waals surface area contributed by atoms with Crippen molar-refractivity contribution >= 4 is 44.5 Å². The van der Waals surface area contributed by atoms with Gasteiger partial charge in [0, 0.05) is 35.9 Å². The van der Waals surface area contributed by atoms with Crippen LogP contribution in [0.5, 0.6) is 0 Å². The van der Waals surface area contributed by atoms with E-state index in [4.69, 9.17) is 4.74 Å². The number of anilines is 1. The average Bonchev–Trinajstić information content (AvgIpc) is 3.17. The van der Waals surface area contributed by atoms with E-state index in [9.17, 15) is 9.59 Å². The van der Waals surface area contributed by atoms with Crippen molar-refractivity contribution in [2.45, 2.75) is 6.42 Å². The van der Waals surface area contributed by atoms with Gasteiger partial charge in [0.1, 0.15) is 0 Å². The number of H-pyrrole nitrogens is 1. The number of nitrogens with zero attached hydrogens (tertiary/aromatic N) is 3. The number of nitrogens with one attached hydrogen (secondary N) is 1. The van der Waals surface area contributed by atoms with Crippen LogP contribution in [-0.2, 0) is 14.3 Å². The molecule has 1 aromatic carbocycles. The maximum absolute atomic E-state index is 12.6. The standard InChI is InChI=1S/C16H17BrN4O3/c17-11-1-2-12-13(8-11)18-19-15(12)21-9-10(7-14(21)22)16(23)20-3-5-24-6-4-20/h1-2,8,10H,3-7,9H2,(H,18,19)/t10-/m1/s1. The number of benzene rings is 1. The minimum atomic E-state index is -0.308. The van der Waals surface area contributed by atoms with Gasteiger partial charge >= 0.3 is 0 Å². The van der Waals surface area contributed by atoms with Crippen molar-refractivity contribution in [3.8, 4) is 0 Å². The van der Waals surface area contributed by atoms with Crippen LogP contribution in [-0.4, -0.2) is 59.8 Å². The zero-order valence-electron chi connectivity index (χ0n) is 13.0. The van der Waals surface area contributed by atoms with Crippen molar-refractivity contribution in [3.63, 3.8) is 0 Å². The molecule has 4 rings (SSSR count). The fraction of sp³-hybridized carbons (Fsp3) is 0.438. The molecule has 126 valence electrons. The average molecular weight is 393 g/mol. The molecular formula is C16H17BrN4O3. The molecule has 2 amide bonds. The summed E-state index contributed by atoms with van der Waals surface area (Å²) in [5.41, 5.74) is 0.857. The van der Waals surface area contributed by atoms with Gasteiger partial charge in [-0.3, -0.25) is 19.6 Å². The molecule has 2 aromatic rings. The summed E-state index contributed by atoms with van der Waals surface area (Å²) in [7, 11) is 0. The van der Waals surface area contributed by atoms with Crippen LogP contribution in [0.2, 0.25) is 0 Å². The van der Waals surface area contributed by atoms with Crippen LogP contribution in [0.15, 0.2) is 22.7 Å². The third-order valence-corrected chi connectivity index (χ3v) is 5.05. The van der Waals surface area contributed by atoms with Crippen LogP contribution in [0.25, 0.3) is 10.9 Å². The number of ether oxygens (including phenoxy) is 1.